The minimum absolute atomic E-state index is 0.193. The minimum Gasteiger partial charge on any atom is -0.497 e. The van der Waals surface area contributed by atoms with Crippen molar-refractivity contribution in [3.05, 3.63) is 40.3 Å². The number of carbonyl (C=O) groups is 1. The van der Waals surface area contributed by atoms with Crippen LogP contribution in [0.25, 0.3) is 10.8 Å². The smallest absolute Gasteiger partial charge is 0.268 e. The first-order valence-corrected chi connectivity index (χ1v) is 6.04. The monoisotopic (exact) mass is 260 g/mol. The van der Waals surface area contributed by atoms with Crippen LogP contribution in [0.3, 0.4) is 0 Å². The third-order valence-corrected chi connectivity index (χ3v) is 3.02. The van der Waals surface area contributed by atoms with Crippen LogP contribution in [0.15, 0.2) is 29.1 Å². The largest absolute Gasteiger partial charge is 0.497 e. The zero-order valence-corrected chi connectivity index (χ0v) is 11.2. The molecule has 0 fully saturated rings. The van der Waals surface area contributed by atoms with Crippen LogP contribution in [0.1, 0.15) is 17.4 Å². The first-order chi connectivity index (χ1) is 9.08. The highest BCUT2D eigenvalue weighted by Crippen LogP contribution is 2.19. The van der Waals surface area contributed by atoms with Crippen molar-refractivity contribution in [2.45, 2.75) is 6.92 Å². The summed E-state index contributed by atoms with van der Waals surface area (Å²) in [5, 5.41) is 3.96. The van der Waals surface area contributed by atoms with Gasteiger partial charge in [-0.2, -0.15) is 0 Å². The Morgan fingerprint density at radius 2 is 2.11 bits per heavy atom. The summed E-state index contributed by atoms with van der Waals surface area (Å²) in [4.78, 5) is 24.1. The number of carbonyl (C=O) groups excluding carboxylic acids is 1. The van der Waals surface area contributed by atoms with Crippen molar-refractivity contribution in [1.29, 1.82) is 0 Å². The second-order valence-corrected chi connectivity index (χ2v) is 4.21. The van der Waals surface area contributed by atoms with Gasteiger partial charge in [-0.15, -0.1) is 0 Å². The Hall–Kier alpha value is -2.30. The topological polar surface area (TPSA) is 60.3 Å². The molecule has 0 bridgehead atoms. The van der Waals surface area contributed by atoms with Crippen molar-refractivity contribution in [2.24, 2.45) is 7.05 Å². The standard InChI is InChI=1S/C14H16N2O3/c1-4-15-13(17)12-8-9-7-10(19-3)5-6-11(9)14(18)16(12)2/h5-8H,4H2,1-3H3,(H,15,17). The van der Waals surface area contributed by atoms with Gasteiger partial charge in [0.15, 0.2) is 0 Å². The van der Waals surface area contributed by atoms with Gasteiger partial charge >= 0.3 is 0 Å². The lowest BCUT2D eigenvalue weighted by molar-refractivity contribution is 0.0946. The van der Waals surface area contributed by atoms with E-state index in [9.17, 15) is 9.59 Å². The molecule has 0 atom stereocenters. The van der Waals surface area contributed by atoms with Gasteiger partial charge in [-0.05, 0) is 36.6 Å². The minimum atomic E-state index is -0.258. The number of fused-ring (bicyclic) bond motifs is 1. The Morgan fingerprint density at radius 1 is 1.37 bits per heavy atom. The molecule has 0 aliphatic carbocycles. The summed E-state index contributed by atoms with van der Waals surface area (Å²) in [6.45, 7) is 2.35. The van der Waals surface area contributed by atoms with Crippen LogP contribution in [0, 0.1) is 0 Å². The fraction of sp³-hybridized carbons (Fsp3) is 0.286. The van der Waals surface area contributed by atoms with Gasteiger partial charge in [0.2, 0.25) is 0 Å². The molecule has 0 saturated carbocycles. The number of pyridine rings is 1. The van der Waals surface area contributed by atoms with Crippen molar-refractivity contribution in [3.63, 3.8) is 0 Å². The lowest BCUT2D eigenvalue weighted by atomic mass is 10.1. The highest BCUT2D eigenvalue weighted by molar-refractivity contribution is 5.96. The summed E-state index contributed by atoms with van der Waals surface area (Å²) in [6.07, 6.45) is 0. The maximum atomic E-state index is 12.2. The first-order valence-electron chi connectivity index (χ1n) is 6.04. The zero-order valence-electron chi connectivity index (χ0n) is 11.2. The summed E-state index contributed by atoms with van der Waals surface area (Å²) < 4.78 is 6.49. The fourth-order valence-corrected chi connectivity index (χ4v) is 1.99. The van der Waals surface area contributed by atoms with E-state index in [0.29, 0.717) is 28.8 Å². The number of benzene rings is 1. The van der Waals surface area contributed by atoms with E-state index in [1.165, 1.54) is 4.57 Å². The van der Waals surface area contributed by atoms with E-state index in [1.54, 1.807) is 38.4 Å². The van der Waals surface area contributed by atoms with Crippen molar-refractivity contribution in [2.75, 3.05) is 13.7 Å². The molecule has 2 aromatic rings. The van der Waals surface area contributed by atoms with Gasteiger partial charge in [0.1, 0.15) is 11.4 Å². The van der Waals surface area contributed by atoms with Gasteiger partial charge in [-0.25, -0.2) is 0 Å². The fourth-order valence-electron chi connectivity index (χ4n) is 1.99. The summed E-state index contributed by atoms with van der Waals surface area (Å²) >= 11 is 0. The number of hydrogen-bond acceptors (Lipinski definition) is 3. The molecule has 0 unspecified atom stereocenters. The average Bonchev–Trinajstić information content (AvgIpc) is 2.42. The van der Waals surface area contributed by atoms with Crippen molar-refractivity contribution in [3.8, 4) is 5.75 Å². The average molecular weight is 260 g/mol. The van der Waals surface area contributed by atoms with E-state index in [1.807, 2.05) is 6.92 Å². The quantitative estimate of drug-likeness (QED) is 0.904. The van der Waals surface area contributed by atoms with E-state index >= 15 is 0 Å². The third kappa shape index (κ3) is 2.31. The summed E-state index contributed by atoms with van der Waals surface area (Å²) in [5.74, 6) is 0.398. The SMILES string of the molecule is CCNC(=O)c1cc2cc(OC)ccc2c(=O)n1C. The van der Waals surface area contributed by atoms with Gasteiger partial charge in [0.05, 0.1) is 7.11 Å². The molecule has 0 saturated heterocycles. The lowest BCUT2D eigenvalue weighted by Crippen LogP contribution is -2.30. The van der Waals surface area contributed by atoms with Gasteiger partial charge in [-0.1, -0.05) is 0 Å². The molecule has 1 aromatic heterocycles. The predicted molar refractivity (Wildman–Crippen MR) is 73.7 cm³/mol. The lowest BCUT2D eigenvalue weighted by Gasteiger charge is -2.10. The molecule has 1 heterocycles. The summed E-state index contributed by atoms with van der Waals surface area (Å²) in [7, 11) is 3.16. The number of rotatable bonds is 3. The molecule has 1 amide bonds. The number of ether oxygens (including phenoxy) is 1. The highest BCUT2D eigenvalue weighted by Gasteiger charge is 2.12. The van der Waals surface area contributed by atoms with E-state index in [-0.39, 0.29) is 11.5 Å². The molecular formula is C14H16N2O3. The number of hydrogen-bond donors (Lipinski definition) is 1. The molecule has 5 nitrogen and oxygen atoms in total. The molecule has 0 spiro atoms. The number of amides is 1. The van der Waals surface area contributed by atoms with E-state index < -0.39 is 0 Å². The van der Waals surface area contributed by atoms with Crippen LogP contribution in [0.5, 0.6) is 5.75 Å². The number of aromatic nitrogens is 1. The number of nitrogens with zero attached hydrogens (tertiary/aromatic N) is 1. The summed E-state index contributed by atoms with van der Waals surface area (Å²) in [6, 6.07) is 6.89. The highest BCUT2D eigenvalue weighted by atomic mass is 16.5. The first kappa shape index (κ1) is 13.1. The molecule has 0 aliphatic heterocycles. The Morgan fingerprint density at radius 3 is 2.74 bits per heavy atom. The summed E-state index contributed by atoms with van der Waals surface area (Å²) in [5.41, 5.74) is 0.147. The van der Waals surface area contributed by atoms with E-state index in [0.717, 1.165) is 0 Å². The van der Waals surface area contributed by atoms with Crippen molar-refractivity contribution in [1.82, 2.24) is 9.88 Å². The molecule has 1 N–H and O–H groups in total. The Balaban J connectivity index is 2.70. The van der Waals surface area contributed by atoms with Crippen LogP contribution in [0.4, 0.5) is 0 Å². The molecule has 100 valence electrons. The van der Waals surface area contributed by atoms with Gasteiger partial charge in [-0.3, -0.25) is 9.59 Å². The Bertz CT molecular complexity index is 689. The van der Waals surface area contributed by atoms with E-state index in [2.05, 4.69) is 5.32 Å². The normalized spacial score (nSPS) is 10.5. The number of methoxy groups -OCH3 is 1. The van der Waals surface area contributed by atoms with E-state index in [4.69, 9.17) is 4.74 Å². The molecule has 5 heteroatoms. The molecular weight excluding hydrogens is 244 g/mol. The molecule has 2 rings (SSSR count). The van der Waals surface area contributed by atoms with Crippen molar-refractivity contribution >= 4 is 16.7 Å². The predicted octanol–water partition coefficient (Wildman–Crippen LogP) is 1.30. The third-order valence-electron chi connectivity index (χ3n) is 3.02. The van der Waals surface area contributed by atoms with Crippen LogP contribution >= 0.6 is 0 Å². The van der Waals surface area contributed by atoms with Crippen LogP contribution in [-0.4, -0.2) is 24.1 Å². The van der Waals surface area contributed by atoms with Gasteiger partial charge < -0.3 is 14.6 Å². The maximum absolute atomic E-state index is 12.2. The second kappa shape index (κ2) is 5.14. The molecule has 0 aliphatic rings. The van der Waals surface area contributed by atoms with Gasteiger partial charge in [0.25, 0.3) is 11.5 Å². The number of nitrogens with one attached hydrogen (secondary N) is 1. The second-order valence-electron chi connectivity index (χ2n) is 4.21. The maximum Gasteiger partial charge on any atom is 0.268 e. The van der Waals surface area contributed by atoms with Gasteiger partial charge in [0, 0.05) is 19.0 Å². The zero-order chi connectivity index (χ0) is 14.0. The van der Waals surface area contributed by atoms with Crippen LogP contribution in [-0.2, 0) is 7.05 Å². The van der Waals surface area contributed by atoms with Crippen LogP contribution in [0.2, 0.25) is 0 Å². The van der Waals surface area contributed by atoms with Crippen LogP contribution < -0.4 is 15.6 Å². The molecule has 19 heavy (non-hydrogen) atoms. The van der Waals surface area contributed by atoms with Crippen molar-refractivity contribution < 1.29 is 9.53 Å². The molecule has 0 radical (unpaired) electrons. The Kier molecular flexibility index (Phi) is 3.55. The Labute approximate surface area is 110 Å². The molecule has 1 aromatic carbocycles.